The molecule has 9 nitrogen and oxygen atoms in total. The van der Waals surface area contributed by atoms with Crippen molar-refractivity contribution in [3.8, 4) is 0 Å². The van der Waals surface area contributed by atoms with Gasteiger partial charge in [-0.25, -0.2) is 9.97 Å². The first kappa shape index (κ1) is 20.7. The topological polar surface area (TPSA) is 103 Å². The number of amides is 2. The number of anilines is 5. The Morgan fingerprint density at radius 1 is 1.16 bits per heavy atom. The summed E-state index contributed by atoms with van der Waals surface area (Å²) in [5, 5.41) is 7.34. The summed E-state index contributed by atoms with van der Waals surface area (Å²) in [7, 11) is 3.47. The second kappa shape index (κ2) is 7.95. The number of aromatic nitrogens is 3. The second-order valence-electron chi connectivity index (χ2n) is 7.40. The fourth-order valence-corrected chi connectivity index (χ4v) is 4.31. The van der Waals surface area contributed by atoms with Crippen molar-refractivity contribution in [1.29, 1.82) is 0 Å². The van der Waals surface area contributed by atoms with Crippen LogP contribution in [0.4, 0.5) is 28.1 Å². The van der Waals surface area contributed by atoms with Gasteiger partial charge in [-0.1, -0.05) is 0 Å². The van der Waals surface area contributed by atoms with Crippen molar-refractivity contribution in [3.63, 3.8) is 0 Å². The lowest BCUT2D eigenvalue weighted by molar-refractivity contribution is 0.0959. The Morgan fingerprint density at radius 3 is 2.52 bits per heavy atom. The summed E-state index contributed by atoms with van der Waals surface area (Å²) in [6.07, 6.45) is 1.65. The van der Waals surface area contributed by atoms with Crippen LogP contribution in [0.15, 0.2) is 30.5 Å². The summed E-state index contributed by atoms with van der Waals surface area (Å²) < 4.78 is 0. The van der Waals surface area contributed by atoms with Gasteiger partial charge in [-0.2, -0.15) is 4.98 Å². The number of rotatable bonds is 4. The van der Waals surface area contributed by atoms with Crippen molar-refractivity contribution in [1.82, 2.24) is 20.3 Å². The van der Waals surface area contributed by atoms with Gasteiger partial charge in [0.1, 0.15) is 10.7 Å². The third kappa shape index (κ3) is 3.70. The third-order valence-electron chi connectivity index (χ3n) is 4.92. The van der Waals surface area contributed by atoms with Gasteiger partial charge in [0.05, 0.1) is 11.2 Å². The molecule has 0 saturated heterocycles. The molecule has 0 saturated carbocycles. The molecule has 10 heteroatoms. The van der Waals surface area contributed by atoms with Crippen molar-refractivity contribution in [2.45, 2.75) is 26.8 Å². The van der Waals surface area contributed by atoms with Gasteiger partial charge in [0.25, 0.3) is 11.8 Å². The molecule has 3 aromatic rings. The Kier molecular flexibility index (Phi) is 5.32. The summed E-state index contributed by atoms with van der Waals surface area (Å²) in [4.78, 5) is 42.1. The van der Waals surface area contributed by atoms with Crippen LogP contribution >= 0.6 is 11.3 Å². The highest BCUT2D eigenvalue weighted by molar-refractivity contribution is 7.16. The summed E-state index contributed by atoms with van der Waals surface area (Å²) in [6.45, 7) is 5.79. The second-order valence-corrected chi connectivity index (χ2v) is 8.58. The Bertz CT molecular complexity index is 1160. The maximum Gasteiger partial charge on any atom is 0.280 e. The molecule has 0 unspecified atom stereocenters. The van der Waals surface area contributed by atoms with Gasteiger partial charge in [-0.3, -0.25) is 14.5 Å². The van der Waals surface area contributed by atoms with Crippen LogP contribution in [0.2, 0.25) is 0 Å². The lowest BCUT2D eigenvalue weighted by Gasteiger charge is -2.26. The van der Waals surface area contributed by atoms with Crippen molar-refractivity contribution >= 4 is 51.3 Å². The number of nitrogens with zero attached hydrogens (tertiary/aromatic N) is 5. The minimum atomic E-state index is -0.158. The van der Waals surface area contributed by atoms with Crippen LogP contribution in [0.5, 0.6) is 0 Å². The molecular weight excluding hydrogens is 414 g/mol. The van der Waals surface area contributed by atoms with Gasteiger partial charge in [0.2, 0.25) is 5.95 Å². The number of hydrogen-bond donors (Lipinski definition) is 2. The van der Waals surface area contributed by atoms with Crippen LogP contribution in [0.1, 0.15) is 39.7 Å². The number of carbonyl (C=O) groups excluding carboxylic acids is 2. The van der Waals surface area contributed by atoms with Crippen LogP contribution < -0.4 is 20.4 Å². The van der Waals surface area contributed by atoms with Gasteiger partial charge in [-0.15, -0.1) is 11.3 Å². The number of carbonyl (C=O) groups is 2. The smallest absolute Gasteiger partial charge is 0.280 e. The molecule has 2 N–H and O–H groups in total. The fraction of sp³-hybridized carbons (Fsp3) is 0.286. The number of hydrogen-bond acceptors (Lipinski definition) is 8. The molecule has 0 aliphatic carbocycles. The predicted molar refractivity (Wildman–Crippen MR) is 122 cm³/mol. The minimum Gasteiger partial charge on any atom is -0.355 e. The van der Waals surface area contributed by atoms with Crippen LogP contribution in [-0.4, -0.2) is 46.9 Å². The quantitative estimate of drug-likeness (QED) is 0.644. The Labute approximate surface area is 184 Å². The van der Waals surface area contributed by atoms with E-state index in [1.54, 1.807) is 42.4 Å². The normalized spacial score (nSPS) is 13.0. The summed E-state index contributed by atoms with van der Waals surface area (Å²) >= 11 is 1.46. The molecule has 2 aromatic heterocycles. The third-order valence-corrected chi connectivity index (χ3v) is 5.96. The van der Waals surface area contributed by atoms with E-state index in [9.17, 15) is 9.59 Å². The zero-order valence-corrected chi connectivity index (χ0v) is 18.7. The number of benzene rings is 1. The maximum absolute atomic E-state index is 13.2. The van der Waals surface area contributed by atoms with Gasteiger partial charge < -0.3 is 15.5 Å². The van der Waals surface area contributed by atoms with E-state index in [0.717, 1.165) is 15.7 Å². The Hall–Kier alpha value is -3.53. The highest BCUT2D eigenvalue weighted by Crippen LogP contribution is 2.42. The first-order valence-electron chi connectivity index (χ1n) is 9.81. The average molecular weight is 438 g/mol. The molecule has 160 valence electrons. The molecule has 0 bridgehead atoms. The lowest BCUT2D eigenvalue weighted by Crippen LogP contribution is -2.37. The highest BCUT2D eigenvalue weighted by Gasteiger charge is 2.35. The standard InChI is InChI=1S/C21H23N7O2S/c1-11(2)28-15-10-23-21(25-14-8-6-13(7-9-14)18(29)22-4)26-17(15)27(5)20-16(19(28)30)24-12(3)31-20/h6-11H,1-5H3,(H,22,29)(H,23,25,26). The monoisotopic (exact) mass is 437 g/mol. The van der Waals surface area contributed by atoms with Crippen molar-refractivity contribution in [2.75, 3.05) is 29.2 Å². The molecule has 1 aromatic carbocycles. The molecule has 1 aliphatic rings. The maximum atomic E-state index is 13.2. The van der Waals surface area contributed by atoms with E-state index in [1.165, 1.54) is 11.3 Å². The van der Waals surface area contributed by atoms with E-state index in [0.29, 0.717) is 28.7 Å². The summed E-state index contributed by atoms with van der Waals surface area (Å²) in [5.74, 6) is 0.695. The Balaban J connectivity index is 1.73. The number of fused-ring (bicyclic) bond motifs is 2. The van der Waals surface area contributed by atoms with E-state index in [2.05, 4.69) is 20.6 Å². The average Bonchev–Trinajstić information content (AvgIpc) is 3.12. The molecule has 0 atom stereocenters. The fourth-order valence-electron chi connectivity index (χ4n) is 3.44. The van der Waals surface area contributed by atoms with Crippen LogP contribution in [0.3, 0.4) is 0 Å². The van der Waals surface area contributed by atoms with Crippen molar-refractivity contribution in [2.24, 2.45) is 0 Å². The lowest BCUT2D eigenvalue weighted by atomic mass is 10.2. The van der Waals surface area contributed by atoms with Crippen LogP contribution in [0.25, 0.3) is 0 Å². The summed E-state index contributed by atoms with van der Waals surface area (Å²) in [6, 6.07) is 6.94. The number of nitrogens with one attached hydrogen (secondary N) is 2. The molecular formula is C21H23N7O2S. The zero-order valence-electron chi connectivity index (χ0n) is 17.9. The van der Waals surface area contributed by atoms with Crippen LogP contribution in [-0.2, 0) is 0 Å². The van der Waals surface area contributed by atoms with Gasteiger partial charge in [0, 0.05) is 31.4 Å². The first-order valence-corrected chi connectivity index (χ1v) is 10.6. The molecule has 4 rings (SSSR count). The zero-order chi connectivity index (χ0) is 22.3. The van der Waals surface area contributed by atoms with E-state index in [-0.39, 0.29) is 17.9 Å². The van der Waals surface area contributed by atoms with Gasteiger partial charge in [0.15, 0.2) is 11.5 Å². The molecule has 0 fully saturated rings. The predicted octanol–water partition coefficient (Wildman–Crippen LogP) is 3.48. The summed E-state index contributed by atoms with van der Waals surface area (Å²) in [5.41, 5.74) is 2.37. The first-order chi connectivity index (χ1) is 14.8. The molecule has 31 heavy (non-hydrogen) atoms. The number of thiazole rings is 1. The van der Waals surface area contributed by atoms with E-state index in [1.807, 2.05) is 32.7 Å². The van der Waals surface area contributed by atoms with E-state index in [4.69, 9.17) is 4.98 Å². The van der Waals surface area contributed by atoms with E-state index < -0.39 is 0 Å². The SMILES string of the molecule is CNC(=O)c1ccc(Nc2ncc3c(n2)N(C)c2sc(C)nc2C(=O)N3C(C)C)cc1. The molecule has 3 heterocycles. The number of aryl methyl sites for hydroxylation is 1. The van der Waals surface area contributed by atoms with Gasteiger partial charge in [-0.05, 0) is 45.0 Å². The molecule has 0 radical (unpaired) electrons. The van der Waals surface area contributed by atoms with E-state index >= 15 is 0 Å². The van der Waals surface area contributed by atoms with Crippen molar-refractivity contribution in [3.05, 3.63) is 46.7 Å². The largest absolute Gasteiger partial charge is 0.355 e. The Morgan fingerprint density at radius 2 is 1.87 bits per heavy atom. The highest BCUT2D eigenvalue weighted by atomic mass is 32.1. The molecule has 2 amide bonds. The van der Waals surface area contributed by atoms with Gasteiger partial charge >= 0.3 is 0 Å². The van der Waals surface area contributed by atoms with Crippen LogP contribution in [0, 0.1) is 6.92 Å². The minimum absolute atomic E-state index is 0.0905. The molecule has 0 spiro atoms. The van der Waals surface area contributed by atoms with Crippen molar-refractivity contribution < 1.29 is 9.59 Å². The molecule has 1 aliphatic heterocycles.